The third-order valence-electron chi connectivity index (χ3n) is 5.19. The molecule has 0 aliphatic carbocycles. The molecule has 0 amide bonds. The Kier molecular flexibility index (Phi) is 5.13. The minimum atomic E-state index is -0.453. The Labute approximate surface area is 154 Å². The van der Waals surface area contributed by atoms with Crippen molar-refractivity contribution in [3.05, 3.63) is 71.9 Å². The van der Waals surface area contributed by atoms with Crippen molar-refractivity contribution in [1.82, 2.24) is 9.88 Å². The van der Waals surface area contributed by atoms with Gasteiger partial charge >= 0.3 is 0 Å². The van der Waals surface area contributed by atoms with Crippen LogP contribution in [0.1, 0.15) is 31.0 Å². The van der Waals surface area contributed by atoms with Crippen molar-refractivity contribution in [2.24, 2.45) is 7.05 Å². The van der Waals surface area contributed by atoms with Gasteiger partial charge in [0.2, 0.25) is 0 Å². The van der Waals surface area contributed by atoms with Crippen LogP contribution < -0.4 is 5.32 Å². The average Bonchev–Trinajstić information content (AvgIpc) is 3.01. The highest BCUT2D eigenvalue weighted by atomic mass is 16.3. The molecule has 0 fully saturated rings. The smallest absolute Gasteiger partial charge is 0.105 e. The normalized spacial score (nSPS) is 14.1. The second-order valence-electron chi connectivity index (χ2n) is 7.27. The van der Waals surface area contributed by atoms with Gasteiger partial charge in [-0.1, -0.05) is 62.4 Å². The van der Waals surface area contributed by atoms with E-state index in [4.69, 9.17) is 0 Å². The molecular weight excluding hydrogens is 322 g/mol. The number of nitrogens with one attached hydrogen (secondary N) is 1. The van der Waals surface area contributed by atoms with E-state index in [2.05, 4.69) is 48.1 Å². The van der Waals surface area contributed by atoms with Crippen LogP contribution in [0.2, 0.25) is 0 Å². The lowest BCUT2D eigenvalue weighted by Gasteiger charge is -2.33. The number of rotatable bonds is 6. The largest absolute Gasteiger partial charge is 0.394 e. The van der Waals surface area contributed by atoms with Crippen molar-refractivity contribution in [1.29, 1.82) is 5.26 Å². The SMILES string of the molecule is Cn1cc(C(C)(C)[C@@H](C#N)N[C@@H](CO)c2ccccc2)c2ccccc21. The topological polar surface area (TPSA) is 61.0 Å². The minimum absolute atomic E-state index is 0.0617. The molecule has 0 saturated heterocycles. The lowest BCUT2D eigenvalue weighted by molar-refractivity contribution is 0.226. The van der Waals surface area contributed by atoms with E-state index < -0.39 is 11.5 Å². The summed E-state index contributed by atoms with van der Waals surface area (Å²) in [5, 5.41) is 24.3. The molecule has 4 heteroatoms. The molecule has 3 aromatic rings. The van der Waals surface area contributed by atoms with E-state index in [1.54, 1.807) is 0 Å². The maximum absolute atomic E-state index is 9.89. The van der Waals surface area contributed by atoms with E-state index in [0.717, 1.165) is 22.0 Å². The van der Waals surface area contributed by atoms with E-state index >= 15 is 0 Å². The quantitative estimate of drug-likeness (QED) is 0.715. The number of fused-ring (bicyclic) bond motifs is 1. The highest BCUT2D eigenvalue weighted by Gasteiger charge is 2.35. The molecule has 0 radical (unpaired) electrons. The number of hydrogen-bond donors (Lipinski definition) is 2. The summed E-state index contributed by atoms with van der Waals surface area (Å²) in [6.45, 7) is 4.10. The van der Waals surface area contributed by atoms with Gasteiger partial charge in [-0.3, -0.25) is 5.32 Å². The Morgan fingerprint density at radius 1 is 1.12 bits per heavy atom. The number of hydrogen-bond acceptors (Lipinski definition) is 3. The zero-order valence-corrected chi connectivity index (χ0v) is 15.5. The van der Waals surface area contributed by atoms with Gasteiger partial charge in [-0.05, 0) is 17.2 Å². The average molecular weight is 347 g/mol. The van der Waals surface area contributed by atoms with Gasteiger partial charge in [0.25, 0.3) is 0 Å². The molecule has 26 heavy (non-hydrogen) atoms. The Bertz CT molecular complexity index is 921. The van der Waals surface area contributed by atoms with Crippen LogP contribution in [0.3, 0.4) is 0 Å². The number of nitrogens with zero attached hydrogens (tertiary/aromatic N) is 2. The van der Waals surface area contributed by atoms with Gasteiger partial charge < -0.3 is 9.67 Å². The van der Waals surface area contributed by atoms with Crippen LogP contribution in [0.25, 0.3) is 10.9 Å². The van der Waals surface area contributed by atoms with Gasteiger partial charge in [0.1, 0.15) is 6.04 Å². The predicted molar refractivity (Wildman–Crippen MR) is 105 cm³/mol. The number of aliphatic hydroxyl groups excluding tert-OH is 1. The monoisotopic (exact) mass is 347 g/mol. The molecule has 0 unspecified atom stereocenters. The minimum Gasteiger partial charge on any atom is -0.394 e. The van der Waals surface area contributed by atoms with Crippen molar-refractivity contribution in [3.8, 4) is 6.07 Å². The molecule has 4 nitrogen and oxygen atoms in total. The van der Waals surface area contributed by atoms with Crippen LogP contribution in [-0.4, -0.2) is 22.3 Å². The second-order valence-corrected chi connectivity index (χ2v) is 7.27. The first-order valence-electron chi connectivity index (χ1n) is 8.85. The maximum atomic E-state index is 9.89. The molecule has 0 bridgehead atoms. The van der Waals surface area contributed by atoms with Crippen molar-refractivity contribution in [2.45, 2.75) is 31.3 Å². The van der Waals surface area contributed by atoms with E-state index in [1.165, 1.54) is 0 Å². The van der Waals surface area contributed by atoms with Crippen LogP contribution in [0, 0.1) is 11.3 Å². The number of nitriles is 1. The molecule has 1 heterocycles. The first-order chi connectivity index (χ1) is 12.5. The van der Waals surface area contributed by atoms with Crippen LogP contribution in [-0.2, 0) is 12.5 Å². The van der Waals surface area contributed by atoms with Crippen molar-refractivity contribution in [2.75, 3.05) is 6.61 Å². The zero-order valence-electron chi connectivity index (χ0n) is 15.5. The van der Waals surface area contributed by atoms with Crippen LogP contribution in [0.4, 0.5) is 0 Å². The Hall–Kier alpha value is -2.61. The third-order valence-corrected chi connectivity index (χ3v) is 5.19. The molecule has 2 atom stereocenters. The Balaban J connectivity index is 1.96. The third kappa shape index (κ3) is 3.24. The maximum Gasteiger partial charge on any atom is 0.105 e. The fourth-order valence-electron chi connectivity index (χ4n) is 3.56. The van der Waals surface area contributed by atoms with Crippen LogP contribution >= 0.6 is 0 Å². The van der Waals surface area contributed by atoms with E-state index in [1.807, 2.05) is 49.5 Å². The van der Waals surface area contributed by atoms with E-state index in [-0.39, 0.29) is 12.6 Å². The van der Waals surface area contributed by atoms with Crippen LogP contribution in [0.5, 0.6) is 0 Å². The fraction of sp³-hybridized carbons (Fsp3) is 0.318. The molecule has 134 valence electrons. The summed E-state index contributed by atoms with van der Waals surface area (Å²) in [6, 6.07) is 19.7. The first-order valence-corrected chi connectivity index (χ1v) is 8.85. The second kappa shape index (κ2) is 7.33. The first kappa shape index (κ1) is 18.2. The Morgan fingerprint density at radius 3 is 2.42 bits per heavy atom. The highest BCUT2D eigenvalue weighted by molar-refractivity contribution is 5.85. The summed E-state index contributed by atoms with van der Waals surface area (Å²) in [7, 11) is 2.03. The number of para-hydroxylation sites is 1. The summed E-state index contributed by atoms with van der Waals surface area (Å²) in [6.07, 6.45) is 2.10. The fourth-order valence-corrected chi connectivity index (χ4v) is 3.56. The van der Waals surface area contributed by atoms with Crippen LogP contribution in [0.15, 0.2) is 60.8 Å². The van der Waals surface area contributed by atoms with E-state index in [9.17, 15) is 10.4 Å². The molecule has 2 aromatic carbocycles. The van der Waals surface area contributed by atoms with Crippen molar-refractivity contribution in [3.63, 3.8) is 0 Å². The molecule has 2 N–H and O–H groups in total. The summed E-state index contributed by atoms with van der Waals surface area (Å²) in [4.78, 5) is 0. The summed E-state index contributed by atoms with van der Waals surface area (Å²) in [5.41, 5.74) is 2.81. The molecule has 0 aliphatic heterocycles. The summed E-state index contributed by atoms with van der Waals surface area (Å²) >= 11 is 0. The molecule has 0 spiro atoms. The number of aryl methyl sites for hydroxylation is 1. The van der Waals surface area contributed by atoms with Gasteiger partial charge in [-0.25, -0.2) is 0 Å². The van der Waals surface area contributed by atoms with Gasteiger partial charge in [0.05, 0.1) is 18.7 Å². The summed E-state index contributed by atoms with van der Waals surface area (Å²) < 4.78 is 2.10. The van der Waals surface area contributed by atoms with Gasteiger partial charge in [-0.15, -0.1) is 0 Å². The zero-order chi connectivity index (χ0) is 18.7. The standard InChI is InChI=1S/C22H25N3O/c1-22(2,18-14-25(3)20-12-8-7-11-17(18)20)21(13-23)24-19(15-26)16-9-5-4-6-10-16/h4-12,14,19,21,24,26H,15H2,1-3H3/t19-,21+/m0/s1. The molecule has 3 rings (SSSR count). The van der Waals surface area contributed by atoms with Crippen molar-refractivity contribution >= 4 is 10.9 Å². The van der Waals surface area contributed by atoms with Crippen molar-refractivity contribution < 1.29 is 5.11 Å². The molecule has 0 saturated carbocycles. The number of benzene rings is 2. The number of aromatic nitrogens is 1. The molecule has 0 aliphatic rings. The lowest BCUT2D eigenvalue weighted by Crippen LogP contribution is -2.46. The van der Waals surface area contributed by atoms with E-state index in [0.29, 0.717) is 0 Å². The molecule has 1 aromatic heterocycles. The Morgan fingerprint density at radius 2 is 1.77 bits per heavy atom. The lowest BCUT2D eigenvalue weighted by atomic mass is 9.77. The van der Waals surface area contributed by atoms with Gasteiger partial charge in [0, 0.05) is 29.6 Å². The van der Waals surface area contributed by atoms with Gasteiger partial charge in [0.15, 0.2) is 0 Å². The summed E-state index contributed by atoms with van der Waals surface area (Å²) in [5.74, 6) is 0. The predicted octanol–water partition coefficient (Wildman–Crippen LogP) is 3.67. The number of aliphatic hydroxyl groups is 1. The molecular formula is C22H25N3O. The van der Waals surface area contributed by atoms with Gasteiger partial charge in [-0.2, -0.15) is 5.26 Å². The highest BCUT2D eigenvalue weighted by Crippen LogP contribution is 2.35.